The summed E-state index contributed by atoms with van der Waals surface area (Å²) in [5.74, 6) is 0.734. The summed E-state index contributed by atoms with van der Waals surface area (Å²) in [6.07, 6.45) is 0. The number of nitrogens with one attached hydrogen (secondary N) is 2. The van der Waals surface area contributed by atoms with Gasteiger partial charge < -0.3 is 15.4 Å². The van der Waals surface area contributed by atoms with Crippen molar-refractivity contribution in [1.29, 1.82) is 0 Å². The second-order valence-corrected chi connectivity index (χ2v) is 6.99. The monoisotopic (exact) mass is 364 g/mol. The molecule has 0 spiro atoms. The average Bonchev–Trinajstić information content (AvgIpc) is 2.54. The van der Waals surface area contributed by atoms with Crippen LogP contribution in [0.25, 0.3) is 0 Å². The first-order valence-electron chi connectivity index (χ1n) is 7.50. The molecule has 2 rings (SSSR count). The van der Waals surface area contributed by atoms with Crippen LogP contribution in [0.1, 0.15) is 16.7 Å². The van der Waals surface area contributed by atoms with Crippen LogP contribution in [0.15, 0.2) is 41.3 Å². The topological polar surface area (TPSA) is 105 Å². The fraction of sp³-hybridized carbons (Fsp3) is 0.235. The maximum Gasteiger partial charge on any atom is 0.321 e. The van der Waals surface area contributed by atoms with E-state index in [1.54, 1.807) is 0 Å². The van der Waals surface area contributed by atoms with Gasteiger partial charge in [0.1, 0.15) is 5.75 Å². The minimum atomic E-state index is -4.25. The Morgan fingerprint density at radius 2 is 1.64 bits per heavy atom. The van der Waals surface area contributed by atoms with Gasteiger partial charge in [0.05, 0.1) is 4.90 Å². The molecule has 0 fully saturated rings. The van der Waals surface area contributed by atoms with E-state index in [0.29, 0.717) is 5.69 Å². The molecule has 0 radical (unpaired) electrons. The van der Waals surface area contributed by atoms with E-state index in [4.69, 9.17) is 9.29 Å². The van der Waals surface area contributed by atoms with Gasteiger partial charge in [-0.05, 0) is 61.7 Å². The van der Waals surface area contributed by atoms with Gasteiger partial charge in [-0.15, -0.1) is 0 Å². The molecule has 0 unspecified atom stereocenters. The van der Waals surface area contributed by atoms with Crippen LogP contribution in [-0.2, 0) is 10.1 Å². The minimum Gasteiger partial charge on any atom is -0.473 e. The third kappa shape index (κ3) is 4.94. The summed E-state index contributed by atoms with van der Waals surface area (Å²) in [6, 6.07) is 8.60. The van der Waals surface area contributed by atoms with E-state index in [1.807, 2.05) is 32.9 Å². The number of hydrogen-bond acceptors (Lipinski definition) is 4. The summed E-state index contributed by atoms with van der Waals surface area (Å²) in [5.41, 5.74) is 3.48. The molecule has 7 nitrogen and oxygen atoms in total. The first-order valence-corrected chi connectivity index (χ1v) is 8.94. The SMILES string of the molecule is Cc1ccc(C)c(OCNC(=O)Nc2ccc(S(=O)(=O)O)cc2)c1C. The number of aryl methyl sites for hydroxylation is 2. The lowest BCUT2D eigenvalue weighted by Gasteiger charge is -2.14. The molecule has 2 amide bonds. The normalized spacial score (nSPS) is 11.0. The van der Waals surface area contributed by atoms with Gasteiger partial charge >= 0.3 is 6.03 Å². The van der Waals surface area contributed by atoms with E-state index < -0.39 is 16.1 Å². The third-order valence-electron chi connectivity index (χ3n) is 3.73. The number of rotatable bonds is 5. The van der Waals surface area contributed by atoms with Gasteiger partial charge in [-0.3, -0.25) is 4.55 Å². The minimum absolute atomic E-state index is 0.0138. The average molecular weight is 364 g/mol. The summed E-state index contributed by atoms with van der Waals surface area (Å²) in [7, 11) is -4.25. The van der Waals surface area contributed by atoms with Crippen molar-refractivity contribution in [2.75, 3.05) is 12.0 Å². The Morgan fingerprint density at radius 1 is 1.04 bits per heavy atom. The van der Waals surface area contributed by atoms with Crippen molar-refractivity contribution >= 4 is 21.8 Å². The molecule has 0 aliphatic carbocycles. The van der Waals surface area contributed by atoms with E-state index in [9.17, 15) is 13.2 Å². The molecule has 134 valence electrons. The van der Waals surface area contributed by atoms with E-state index in [1.165, 1.54) is 24.3 Å². The third-order valence-corrected chi connectivity index (χ3v) is 4.60. The van der Waals surface area contributed by atoms with Crippen molar-refractivity contribution in [3.05, 3.63) is 53.1 Å². The number of ether oxygens (including phenoxy) is 1. The molecule has 0 aliphatic rings. The van der Waals surface area contributed by atoms with Crippen LogP contribution >= 0.6 is 0 Å². The predicted molar refractivity (Wildman–Crippen MR) is 94.6 cm³/mol. The van der Waals surface area contributed by atoms with Crippen molar-refractivity contribution in [1.82, 2.24) is 5.32 Å². The highest BCUT2D eigenvalue weighted by molar-refractivity contribution is 7.85. The molecule has 2 aromatic carbocycles. The van der Waals surface area contributed by atoms with Crippen molar-refractivity contribution in [2.24, 2.45) is 0 Å². The largest absolute Gasteiger partial charge is 0.473 e. The number of anilines is 1. The fourth-order valence-corrected chi connectivity index (χ4v) is 2.69. The second-order valence-electron chi connectivity index (χ2n) is 5.57. The first-order chi connectivity index (χ1) is 11.7. The zero-order valence-corrected chi connectivity index (χ0v) is 15.0. The van der Waals surface area contributed by atoms with Gasteiger partial charge in [-0.25, -0.2) is 4.79 Å². The molecule has 3 N–H and O–H groups in total. The number of amides is 2. The fourth-order valence-electron chi connectivity index (χ4n) is 2.21. The van der Waals surface area contributed by atoms with Crippen LogP contribution in [0.3, 0.4) is 0 Å². The first kappa shape index (κ1) is 18.8. The lowest BCUT2D eigenvalue weighted by molar-refractivity contribution is 0.234. The zero-order chi connectivity index (χ0) is 18.6. The Hall–Kier alpha value is -2.58. The van der Waals surface area contributed by atoms with E-state index in [-0.39, 0.29) is 11.6 Å². The van der Waals surface area contributed by atoms with Gasteiger partial charge in [-0.1, -0.05) is 12.1 Å². The number of carbonyl (C=O) groups excluding carboxylic acids is 1. The maximum atomic E-state index is 11.9. The molecule has 0 heterocycles. The van der Waals surface area contributed by atoms with Crippen molar-refractivity contribution < 1.29 is 22.5 Å². The lowest BCUT2D eigenvalue weighted by Crippen LogP contribution is -2.32. The van der Waals surface area contributed by atoms with E-state index in [0.717, 1.165) is 22.4 Å². The van der Waals surface area contributed by atoms with Gasteiger partial charge in [0, 0.05) is 5.69 Å². The highest BCUT2D eigenvalue weighted by atomic mass is 32.2. The lowest BCUT2D eigenvalue weighted by atomic mass is 10.1. The summed E-state index contributed by atoms with van der Waals surface area (Å²) in [4.78, 5) is 11.6. The Morgan fingerprint density at radius 3 is 2.24 bits per heavy atom. The Bertz CT molecular complexity index is 877. The molecule has 0 saturated carbocycles. The van der Waals surface area contributed by atoms with Gasteiger partial charge in [0.2, 0.25) is 0 Å². The van der Waals surface area contributed by atoms with Gasteiger partial charge in [0.15, 0.2) is 6.73 Å². The van der Waals surface area contributed by atoms with E-state index >= 15 is 0 Å². The summed E-state index contributed by atoms with van der Waals surface area (Å²) >= 11 is 0. The highest BCUT2D eigenvalue weighted by Crippen LogP contribution is 2.25. The Balaban J connectivity index is 1.90. The van der Waals surface area contributed by atoms with Crippen LogP contribution in [0.5, 0.6) is 5.75 Å². The number of hydrogen-bond donors (Lipinski definition) is 3. The molecular formula is C17H20N2O5S. The zero-order valence-electron chi connectivity index (χ0n) is 14.2. The summed E-state index contributed by atoms with van der Waals surface area (Å²) in [5, 5.41) is 5.10. The maximum absolute atomic E-state index is 11.9. The van der Waals surface area contributed by atoms with E-state index in [2.05, 4.69) is 10.6 Å². The van der Waals surface area contributed by atoms with Crippen molar-refractivity contribution in [2.45, 2.75) is 25.7 Å². The predicted octanol–water partition coefficient (Wildman–Crippen LogP) is 3.02. The van der Waals surface area contributed by atoms with Crippen molar-refractivity contribution in [3.8, 4) is 5.75 Å². The molecule has 0 aliphatic heterocycles. The molecule has 0 atom stereocenters. The number of carbonyl (C=O) groups is 1. The molecule has 0 saturated heterocycles. The van der Waals surface area contributed by atoms with Gasteiger partial charge in [0.25, 0.3) is 10.1 Å². The Labute approximate surface area is 146 Å². The molecule has 8 heteroatoms. The number of benzene rings is 2. The van der Waals surface area contributed by atoms with Crippen LogP contribution < -0.4 is 15.4 Å². The quantitative estimate of drug-likeness (QED) is 0.559. The van der Waals surface area contributed by atoms with Crippen LogP contribution in [0.2, 0.25) is 0 Å². The van der Waals surface area contributed by atoms with Crippen LogP contribution in [0.4, 0.5) is 10.5 Å². The van der Waals surface area contributed by atoms with Gasteiger partial charge in [-0.2, -0.15) is 8.42 Å². The molecule has 0 bridgehead atoms. The molecular weight excluding hydrogens is 344 g/mol. The highest BCUT2D eigenvalue weighted by Gasteiger charge is 2.10. The van der Waals surface area contributed by atoms with Crippen LogP contribution in [-0.4, -0.2) is 25.7 Å². The molecule has 0 aromatic heterocycles. The standard InChI is InChI=1S/C17H20N2O5S/c1-11-4-5-12(2)16(13(11)3)24-10-18-17(20)19-14-6-8-15(9-7-14)25(21,22)23/h4-9H,10H2,1-3H3,(H2,18,19,20)(H,21,22,23). The Kier molecular flexibility index (Phi) is 5.66. The summed E-state index contributed by atoms with van der Waals surface area (Å²) in [6.45, 7) is 5.85. The molecule has 25 heavy (non-hydrogen) atoms. The van der Waals surface area contributed by atoms with Crippen molar-refractivity contribution in [3.63, 3.8) is 0 Å². The number of urea groups is 1. The second kappa shape index (κ2) is 7.54. The van der Waals surface area contributed by atoms with Crippen LogP contribution in [0, 0.1) is 20.8 Å². The summed E-state index contributed by atoms with van der Waals surface area (Å²) < 4.78 is 36.5. The smallest absolute Gasteiger partial charge is 0.321 e. The molecule has 2 aromatic rings.